The second-order valence-corrected chi connectivity index (χ2v) is 5.78. The van der Waals surface area contributed by atoms with Crippen LogP contribution < -0.4 is 4.74 Å². The number of nitrogens with one attached hydrogen (secondary N) is 1. The van der Waals surface area contributed by atoms with E-state index in [2.05, 4.69) is 41.2 Å². The van der Waals surface area contributed by atoms with E-state index < -0.39 is 0 Å². The Bertz CT molecular complexity index is 508. The number of hydrogen-bond donors (Lipinski definition) is 1. The Hall–Kier alpha value is -1.49. The van der Waals surface area contributed by atoms with Gasteiger partial charge in [0.2, 0.25) is 5.16 Å². The predicted molar refractivity (Wildman–Crippen MR) is 77.5 cm³/mol. The molecule has 5 heteroatoms. The molecule has 2 rings (SSSR count). The molecule has 0 saturated heterocycles. The summed E-state index contributed by atoms with van der Waals surface area (Å²) in [4.78, 5) is 4.26. The van der Waals surface area contributed by atoms with Gasteiger partial charge in [-0.1, -0.05) is 37.7 Å². The molecule has 0 saturated carbocycles. The summed E-state index contributed by atoms with van der Waals surface area (Å²) in [7, 11) is 0. The Labute approximate surface area is 118 Å². The van der Waals surface area contributed by atoms with Gasteiger partial charge in [0.05, 0.1) is 6.61 Å². The monoisotopic (exact) mass is 277 g/mol. The molecule has 1 aromatic carbocycles. The molecule has 102 valence electrons. The SMILES string of the molecule is Cc1nc(SCc2ccc(OCC(C)C)cc2)n[nH]1. The van der Waals surface area contributed by atoms with Gasteiger partial charge in [-0.3, -0.25) is 5.10 Å². The minimum atomic E-state index is 0.546. The quantitative estimate of drug-likeness (QED) is 0.822. The van der Waals surface area contributed by atoms with Crippen LogP contribution in [0.2, 0.25) is 0 Å². The molecule has 0 bridgehead atoms. The maximum Gasteiger partial charge on any atom is 0.208 e. The number of ether oxygens (including phenoxy) is 1. The fourth-order valence-corrected chi connectivity index (χ4v) is 2.28. The summed E-state index contributed by atoms with van der Waals surface area (Å²) >= 11 is 1.62. The molecular formula is C14H19N3OS. The van der Waals surface area contributed by atoms with Crippen molar-refractivity contribution in [3.05, 3.63) is 35.7 Å². The Morgan fingerprint density at radius 1 is 1.26 bits per heavy atom. The first-order valence-corrected chi connectivity index (χ1v) is 7.35. The molecule has 1 aromatic heterocycles. The number of thioether (sulfide) groups is 1. The van der Waals surface area contributed by atoms with Crippen LogP contribution in [-0.2, 0) is 5.75 Å². The van der Waals surface area contributed by atoms with Crippen LogP contribution in [0, 0.1) is 12.8 Å². The highest BCUT2D eigenvalue weighted by Crippen LogP contribution is 2.21. The molecule has 0 atom stereocenters. The summed E-state index contributed by atoms with van der Waals surface area (Å²) in [6, 6.07) is 8.20. The number of aryl methyl sites for hydroxylation is 1. The summed E-state index contributed by atoms with van der Waals surface area (Å²) in [6.45, 7) is 6.94. The van der Waals surface area contributed by atoms with Crippen molar-refractivity contribution >= 4 is 11.8 Å². The van der Waals surface area contributed by atoms with E-state index in [4.69, 9.17) is 4.74 Å². The molecule has 0 aliphatic heterocycles. The van der Waals surface area contributed by atoms with E-state index >= 15 is 0 Å². The second-order valence-electron chi connectivity index (χ2n) is 4.84. The zero-order chi connectivity index (χ0) is 13.7. The number of nitrogens with zero attached hydrogens (tertiary/aromatic N) is 2. The third-order valence-corrected chi connectivity index (χ3v) is 3.37. The van der Waals surface area contributed by atoms with E-state index in [9.17, 15) is 0 Å². The maximum atomic E-state index is 5.65. The van der Waals surface area contributed by atoms with Gasteiger partial charge in [0.15, 0.2) is 0 Å². The van der Waals surface area contributed by atoms with Crippen LogP contribution >= 0.6 is 11.8 Å². The van der Waals surface area contributed by atoms with Gasteiger partial charge in [0.25, 0.3) is 0 Å². The number of rotatable bonds is 6. The molecule has 2 aromatic rings. The largest absolute Gasteiger partial charge is 0.493 e. The summed E-state index contributed by atoms with van der Waals surface area (Å²) in [5.74, 6) is 3.18. The van der Waals surface area contributed by atoms with Crippen molar-refractivity contribution in [2.24, 2.45) is 5.92 Å². The maximum absolute atomic E-state index is 5.65. The van der Waals surface area contributed by atoms with E-state index in [1.54, 1.807) is 11.8 Å². The lowest BCUT2D eigenvalue weighted by Crippen LogP contribution is -2.04. The number of aromatic amines is 1. The Morgan fingerprint density at radius 2 is 2.00 bits per heavy atom. The van der Waals surface area contributed by atoms with Gasteiger partial charge in [0, 0.05) is 5.75 Å². The molecule has 19 heavy (non-hydrogen) atoms. The van der Waals surface area contributed by atoms with Crippen LogP contribution in [0.3, 0.4) is 0 Å². The molecular weight excluding hydrogens is 258 g/mol. The van der Waals surface area contributed by atoms with Crippen molar-refractivity contribution < 1.29 is 4.74 Å². The smallest absolute Gasteiger partial charge is 0.208 e. The van der Waals surface area contributed by atoms with Crippen LogP contribution in [0.15, 0.2) is 29.4 Å². The molecule has 0 aliphatic carbocycles. The van der Waals surface area contributed by atoms with Crippen molar-refractivity contribution in [1.82, 2.24) is 15.2 Å². The zero-order valence-corrected chi connectivity index (χ0v) is 12.3. The van der Waals surface area contributed by atoms with Crippen LogP contribution in [0.5, 0.6) is 5.75 Å². The number of benzene rings is 1. The van der Waals surface area contributed by atoms with Crippen LogP contribution in [0.4, 0.5) is 0 Å². The molecule has 0 aliphatic rings. The number of aromatic nitrogens is 3. The zero-order valence-electron chi connectivity index (χ0n) is 11.5. The molecule has 4 nitrogen and oxygen atoms in total. The normalized spacial score (nSPS) is 10.9. The van der Waals surface area contributed by atoms with Gasteiger partial charge in [-0.15, -0.1) is 5.10 Å². The molecule has 0 amide bonds. The van der Waals surface area contributed by atoms with Gasteiger partial charge in [-0.2, -0.15) is 0 Å². The summed E-state index contributed by atoms with van der Waals surface area (Å²) < 4.78 is 5.65. The first-order chi connectivity index (χ1) is 9.13. The van der Waals surface area contributed by atoms with Crippen LogP contribution in [0.25, 0.3) is 0 Å². The van der Waals surface area contributed by atoms with Crippen molar-refractivity contribution in [3.8, 4) is 5.75 Å². The van der Waals surface area contributed by atoms with Crippen molar-refractivity contribution in [2.75, 3.05) is 6.61 Å². The van der Waals surface area contributed by atoms with Gasteiger partial charge in [0.1, 0.15) is 11.6 Å². The minimum Gasteiger partial charge on any atom is -0.493 e. The third-order valence-electron chi connectivity index (χ3n) is 2.45. The summed E-state index contributed by atoms with van der Waals surface area (Å²) in [5, 5.41) is 7.73. The van der Waals surface area contributed by atoms with Crippen LogP contribution in [-0.4, -0.2) is 21.8 Å². The number of hydrogen-bond acceptors (Lipinski definition) is 4. The van der Waals surface area contributed by atoms with Crippen molar-refractivity contribution in [3.63, 3.8) is 0 Å². The highest BCUT2D eigenvalue weighted by Gasteiger charge is 2.02. The average Bonchev–Trinajstić information content (AvgIpc) is 2.81. The summed E-state index contributed by atoms with van der Waals surface area (Å²) in [5.41, 5.74) is 1.24. The van der Waals surface area contributed by atoms with E-state index in [1.807, 2.05) is 19.1 Å². The Balaban J connectivity index is 1.84. The Kier molecular flexibility index (Phi) is 4.85. The van der Waals surface area contributed by atoms with E-state index in [0.29, 0.717) is 5.92 Å². The lowest BCUT2D eigenvalue weighted by molar-refractivity contribution is 0.271. The van der Waals surface area contributed by atoms with Gasteiger partial charge < -0.3 is 4.74 Å². The molecule has 1 heterocycles. The minimum absolute atomic E-state index is 0.546. The van der Waals surface area contributed by atoms with E-state index in [1.165, 1.54) is 5.56 Å². The highest BCUT2D eigenvalue weighted by molar-refractivity contribution is 7.98. The third kappa shape index (κ3) is 4.59. The van der Waals surface area contributed by atoms with Crippen molar-refractivity contribution in [1.29, 1.82) is 0 Å². The fourth-order valence-electron chi connectivity index (χ4n) is 1.48. The lowest BCUT2D eigenvalue weighted by atomic mass is 10.2. The molecule has 0 unspecified atom stereocenters. The molecule has 1 N–H and O–H groups in total. The molecule has 0 spiro atoms. The second kappa shape index (κ2) is 6.61. The topological polar surface area (TPSA) is 50.8 Å². The number of H-pyrrole nitrogens is 1. The first-order valence-electron chi connectivity index (χ1n) is 6.37. The standard InChI is InChI=1S/C14H19N3OS/c1-10(2)8-18-13-6-4-12(5-7-13)9-19-14-15-11(3)16-17-14/h4-7,10H,8-9H2,1-3H3,(H,15,16,17). The van der Waals surface area contributed by atoms with Gasteiger partial charge in [-0.25, -0.2) is 4.98 Å². The average molecular weight is 277 g/mol. The summed E-state index contributed by atoms with van der Waals surface area (Å²) in [6.07, 6.45) is 0. The predicted octanol–water partition coefficient (Wildman–Crippen LogP) is 3.44. The Morgan fingerprint density at radius 3 is 2.58 bits per heavy atom. The lowest BCUT2D eigenvalue weighted by Gasteiger charge is -2.08. The van der Waals surface area contributed by atoms with Crippen molar-refractivity contribution in [2.45, 2.75) is 31.7 Å². The molecule has 0 fully saturated rings. The fraction of sp³-hybridized carbons (Fsp3) is 0.429. The van der Waals surface area contributed by atoms with Gasteiger partial charge in [-0.05, 0) is 30.5 Å². The van der Waals surface area contributed by atoms with E-state index in [-0.39, 0.29) is 0 Å². The first kappa shape index (κ1) is 13.9. The van der Waals surface area contributed by atoms with Crippen LogP contribution in [0.1, 0.15) is 25.2 Å². The van der Waals surface area contributed by atoms with Gasteiger partial charge >= 0.3 is 0 Å². The van der Waals surface area contributed by atoms with E-state index in [0.717, 1.165) is 29.1 Å². The molecule has 0 radical (unpaired) electrons. The highest BCUT2D eigenvalue weighted by atomic mass is 32.2.